The molecule has 2 aromatic rings. The standard InChI is InChI=1S/C18H23N5O.2ClH/c19-14-8-12-2-1-3-13(9-14)16(12)22-18(24)15-10-21-23-17(15)11-4-6-20-7-5-11;;/h4-7,10,12-14,16H,1-3,8-9,19H2,(H,21,23)(H,22,24);2*1H. The van der Waals surface area contributed by atoms with Crippen molar-refractivity contribution in [2.24, 2.45) is 17.6 Å². The Labute approximate surface area is 165 Å². The van der Waals surface area contributed by atoms with Crippen molar-refractivity contribution in [3.8, 4) is 11.3 Å². The highest BCUT2D eigenvalue weighted by Gasteiger charge is 2.40. The Hall–Kier alpha value is -1.63. The lowest BCUT2D eigenvalue weighted by molar-refractivity contribution is 0.0756. The van der Waals surface area contributed by atoms with Crippen molar-refractivity contribution in [3.05, 3.63) is 36.3 Å². The summed E-state index contributed by atoms with van der Waals surface area (Å²) in [6, 6.07) is 4.28. The van der Waals surface area contributed by atoms with Crippen LogP contribution in [-0.4, -0.2) is 33.2 Å². The molecule has 4 rings (SSSR count). The van der Waals surface area contributed by atoms with Crippen LogP contribution in [0.2, 0.25) is 0 Å². The summed E-state index contributed by atoms with van der Waals surface area (Å²) in [6.45, 7) is 0. The Bertz CT molecular complexity index is 709. The maximum Gasteiger partial charge on any atom is 0.255 e. The van der Waals surface area contributed by atoms with E-state index in [0.29, 0.717) is 17.4 Å². The normalized spacial score (nSPS) is 27.0. The molecule has 26 heavy (non-hydrogen) atoms. The number of halogens is 2. The summed E-state index contributed by atoms with van der Waals surface area (Å²) in [5.74, 6) is 0.966. The minimum Gasteiger partial charge on any atom is -0.349 e. The molecule has 2 bridgehead atoms. The zero-order valence-corrected chi connectivity index (χ0v) is 16.1. The van der Waals surface area contributed by atoms with Gasteiger partial charge in [-0.2, -0.15) is 5.10 Å². The van der Waals surface area contributed by atoms with E-state index in [1.807, 2.05) is 12.1 Å². The quantitative estimate of drug-likeness (QED) is 0.741. The number of carbonyl (C=O) groups excluding carboxylic acids is 1. The van der Waals surface area contributed by atoms with Crippen LogP contribution in [0, 0.1) is 11.8 Å². The molecule has 6 nitrogen and oxygen atoms in total. The van der Waals surface area contributed by atoms with Gasteiger partial charge in [0.2, 0.25) is 0 Å². The predicted octanol–water partition coefficient (Wildman–Crippen LogP) is 2.95. The maximum absolute atomic E-state index is 12.9. The van der Waals surface area contributed by atoms with Gasteiger partial charge in [-0.1, -0.05) is 6.42 Å². The molecule has 0 aliphatic heterocycles. The first-order valence-corrected chi connectivity index (χ1v) is 8.72. The molecule has 2 atom stereocenters. The van der Waals surface area contributed by atoms with Gasteiger partial charge in [0, 0.05) is 30.0 Å². The summed E-state index contributed by atoms with van der Waals surface area (Å²) in [5, 5.41) is 10.3. The average molecular weight is 398 g/mol. The van der Waals surface area contributed by atoms with Gasteiger partial charge in [0.15, 0.2) is 0 Å². The van der Waals surface area contributed by atoms with E-state index in [2.05, 4.69) is 20.5 Å². The van der Waals surface area contributed by atoms with Crippen molar-refractivity contribution in [1.82, 2.24) is 20.5 Å². The highest BCUT2D eigenvalue weighted by molar-refractivity contribution is 5.99. The van der Waals surface area contributed by atoms with Crippen molar-refractivity contribution in [1.29, 1.82) is 0 Å². The monoisotopic (exact) mass is 397 g/mol. The molecule has 0 spiro atoms. The van der Waals surface area contributed by atoms with E-state index in [9.17, 15) is 4.79 Å². The van der Waals surface area contributed by atoms with Gasteiger partial charge >= 0.3 is 0 Å². The number of rotatable bonds is 3. The average Bonchev–Trinajstić information content (AvgIpc) is 3.06. The van der Waals surface area contributed by atoms with Gasteiger partial charge in [0.25, 0.3) is 5.91 Å². The summed E-state index contributed by atoms with van der Waals surface area (Å²) >= 11 is 0. The second-order valence-corrected chi connectivity index (χ2v) is 7.08. The predicted molar refractivity (Wildman–Crippen MR) is 106 cm³/mol. The Kier molecular flexibility index (Phi) is 7.03. The molecule has 2 unspecified atom stereocenters. The van der Waals surface area contributed by atoms with Gasteiger partial charge < -0.3 is 11.1 Å². The van der Waals surface area contributed by atoms with Gasteiger partial charge in [0.05, 0.1) is 17.5 Å². The molecule has 0 saturated heterocycles. The first kappa shape index (κ1) is 20.7. The topological polar surface area (TPSA) is 96.7 Å². The third kappa shape index (κ3) is 4.03. The van der Waals surface area contributed by atoms with Crippen LogP contribution in [0.1, 0.15) is 42.5 Å². The van der Waals surface area contributed by atoms with Crippen LogP contribution in [0.3, 0.4) is 0 Å². The lowest BCUT2D eigenvalue weighted by atomic mass is 9.67. The molecule has 1 amide bonds. The number of amides is 1. The molecule has 0 radical (unpaired) electrons. The van der Waals surface area contributed by atoms with Crippen LogP contribution >= 0.6 is 24.8 Å². The summed E-state index contributed by atoms with van der Waals surface area (Å²) in [6.07, 6.45) is 10.6. The number of pyridine rings is 1. The van der Waals surface area contributed by atoms with Gasteiger partial charge in [-0.3, -0.25) is 14.9 Å². The van der Waals surface area contributed by atoms with Crippen LogP contribution in [0.25, 0.3) is 11.3 Å². The molecule has 4 N–H and O–H groups in total. The Morgan fingerprint density at radius 2 is 1.81 bits per heavy atom. The Balaban J connectivity index is 0.00000121. The van der Waals surface area contributed by atoms with E-state index in [-0.39, 0.29) is 42.8 Å². The van der Waals surface area contributed by atoms with Gasteiger partial charge in [0.1, 0.15) is 0 Å². The minimum atomic E-state index is -0.0482. The van der Waals surface area contributed by atoms with Gasteiger partial charge in [-0.15, -0.1) is 24.8 Å². The minimum absolute atomic E-state index is 0. The van der Waals surface area contributed by atoms with E-state index in [1.165, 1.54) is 6.42 Å². The maximum atomic E-state index is 12.9. The molecule has 2 heterocycles. The fourth-order valence-corrected chi connectivity index (χ4v) is 4.45. The third-order valence-electron chi connectivity index (χ3n) is 5.53. The number of hydrogen-bond donors (Lipinski definition) is 3. The van der Waals surface area contributed by atoms with Crippen LogP contribution in [-0.2, 0) is 0 Å². The largest absolute Gasteiger partial charge is 0.349 e. The number of nitrogens with one attached hydrogen (secondary N) is 2. The molecule has 2 saturated carbocycles. The molecular weight excluding hydrogens is 373 g/mol. The number of H-pyrrole nitrogens is 1. The number of carbonyl (C=O) groups is 1. The number of hydrogen-bond acceptors (Lipinski definition) is 4. The molecule has 2 fully saturated rings. The van der Waals surface area contributed by atoms with E-state index in [1.54, 1.807) is 18.6 Å². The summed E-state index contributed by atoms with van der Waals surface area (Å²) in [5.41, 5.74) is 8.43. The van der Waals surface area contributed by atoms with Gasteiger partial charge in [-0.05, 0) is 49.7 Å². The van der Waals surface area contributed by atoms with Crippen molar-refractivity contribution < 1.29 is 4.79 Å². The van der Waals surface area contributed by atoms with Crippen molar-refractivity contribution >= 4 is 30.7 Å². The number of aromatic amines is 1. The van der Waals surface area contributed by atoms with Crippen molar-refractivity contribution in [3.63, 3.8) is 0 Å². The summed E-state index contributed by atoms with van der Waals surface area (Å²) in [7, 11) is 0. The smallest absolute Gasteiger partial charge is 0.255 e. The molecule has 8 heteroatoms. The zero-order chi connectivity index (χ0) is 16.5. The zero-order valence-electron chi connectivity index (χ0n) is 14.4. The first-order chi connectivity index (χ1) is 11.7. The Morgan fingerprint density at radius 3 is 2.46 bits per heavy atom. The van der Waals surface area contributed by atoms with Crippen LogP contribution in [0.5, 0.6) is 0 Å². The number of fused-ring (bicyclic) bond motifs is 2. The van der Waals surface area contributed by atoms with E-state index in [0.717, 1.165) is 36.9 Å². The fourth-order valence-electron chi connectivity index (χ4n) is 4.45. The van der Waals surface area contributed by atoms with Crippen molar-refractivity contribution in [2.45, 2.75) is 44.2 Å². The van der Waals surface area contributed by atoms with Crippen LogP contribution in [0.15, 0.2) is 30.7 Å². The fraction of sp³-hybridized carbons (Fsp3) is 0.500. The van der Waals surface area contributed by atoms with E-state index in [4.69, 9.17) is 5.73 Å². The molecule has 2 aliphatic rings. The number of aromatic nitrogens is 3. The Morgan fingerprint density at radius 1 is 1.15 bits per heavy atom. The second kappa shape index (κ2) is 8.84. The highest BCUT2D eigenvalue weighted by Crippen LogP contribution is 2.39. The number of nitrogens with zero attached hydrogens (tertiary/aromatic N) is 2. The highest BCUT2D eigenvalue weighted by atomic mass is 35.5. The third-order valence-corrected chi connectivity index (χ3v) is 5.53. The summed E-state index contributed by atoms with van der Waals surface area (Å²) < 4.78 is 0. The first-order valence-electron chi connectivity index (χ1n) is 8.72. The molecule has 0 aromatic carbocycles. The van der Waals surface area contributed by atoms with Crippen LogP contribution < -0.4 is 11.1 Å². The SMILES string of the molecule is Cl.Cl.NC1CC2CCCC(C1)C2NC(=O)c1cn[nH]c1-c1ccncc1. The van der Waals surface area contributed by atoms with Gasteiger partial charge in [-0.25, -0.2) is 0 Å². The second-order valence-electron chi connectivity index (χ2n) is 7.08. The molecule has 2 aliphatic carbocycles. The van der Waals surface area contributed by atoms with Crippen molar-refractivity contribution in [2.75, 3.05) is 0 Å². The van der Waals surface area contributed by atoms with E-state index < -0.39 is 0 Å². The molecule has 142 valence electrons. The lowest BCUT2D eigenvalue weighted by Crippen LogP contribution is -2.53. The van der Waals surface area contributed by atoms with Crippen LogP contribution in [0.4, 0.5) is 0 Å². The number of nitrogens with two attached hydrogens (primary N) is 1. The molecular formula is C18H25Cl2N5O. The molecule has 2 aromatic heterocycles. The summed E-state index contributed by atoms with van der Waals surface area (Å²) in [4.78, 5) is 16.9. The van der Waals surface area contributed by atoms with E-state index >= 15 is 0 Å². The lowest BCUT2D eigenvalue weighted by Gasteiger charge is -2.45.